The van der Waals surface area contributed by atoms with Crippen molar-refractivity contribution in [3.05, 3.63) is 65.2 Å². The molecule has 0 aliphatic carbocycles. The van der Waals surface area contributed by atoms with Gasteiger partial charge in [-0.2, -0.15) is 0 Å². The van der Waals surface area contributed by atoms with Crippen LogP contribution in [0.5, 0.6) is 0 Å². The summed E-state index contributed by atoms with van der Waals surface area (Å²) in [6, 6.07) is 14.6. The quantitative estimate of drug-likeness (QED) is 0.861. The highest BCUT2D eigenvalue weighted by Gasteiger charge is 2.10. The molecule has 2 aromatic carbocycles. The summed E-state index contributed by atoms with van der Waals surface area (Å²) in [7, 11) is 0. The lowest BCUT2D eigenvalue weighted by atomic mass is 10.1. The minimum absolute atomic E-state index is 0.303. The zero-order chi connectivity index (χ0) is 15.9. The molecule has 0 saturated carbocycles. The molecule has 0 aliphatic rings. The van der Waals surface area contributed by atoms with Crippen LogP contribution in [0.3, 0.4) is 0 Å². The zero-order valence-electron chi connectivity index (χ0n) is 12.8. The highest BCUT2D eigenvalue weighted by atomic mass is 16.5. The third-order valence-electron chi connectivity index (χ3n) is 3.23. The maximum Gasteiger partial charge on any atom is 0.338 e. The Labute approximate surface area is 130 Å². The molecule has 0 spiro atoms. The third-order valence-corrected chi connectivity index (χ3v) is 3.23. The summed E-state index contributed by atoms with van der Waals surface area (Å²) in [5, 5.41) is 2.70. The molecule has 1 amide bonds. The molecular formula is C18H19NO3. The van der Waals surface area contributed by atoms with E-state index in [0.29, 0.717) is 11.3 Å². The van der Waals surface area contributed by atoms with Gasteiger partial charge in [0.2, 0.25) is 0 Å². The second-order valence-electron chi connectivity index (χ2n) is 5.04. The van der Waals surface area contributed by atoms with Gasteiger partial charge < -0.3 is 10.1 Å². The van der Waals surface area contributed by atoms with Crippen LogP contribution >= 0.6 is 0 Å². The molecule has 114 valence electrons. The molecular weight excluding hydrogens is 278 g/mol. The van der Waals surface area contributed by atoms with Gasteiger partial charge in [0.1, 0.15) is 0 Å². The molecule has 0 aromatic heterocycles. The van der Waals surface area contributed by atoms with E-state index in [1.54, 1.807) is 18.2 Å². The Morgan fingerprint density at radius 2 is 1.82 bits per heavy atom. The second kappa shape index (κ2) is 7.41. The summed E-state index contributed by atoms with van der Waals surface area (Å²) in [4.78, 5) is 23.6. The van der Waals surface area contributed by atoms with Gasteiger partial charge in [-0.1, -0.05) is 36.8 Å². The van der Waals surface area contributed by atoms with Gasteiger partial charge in [-0.05, 0) is 43.2 Å². The first-order valence-electron chi connectivity index (χ1n) is 7.21. The maximum absolute atomic E-state index is 11.8. The Hall–Kier alpha value is -2.62. The van der Waals surface area contributed by atoms with Crippen LogP contribution in [0.4, 0.5) is 5.69 Å². The Kier molecular flexibility index (Phi) is 5.31. The Balaban J connectivity index is 1.85. The fraction of sp³-hybridized carbons (Fsp3) is 0.222. The molecule has 4 nitrogen and oxygen atoms in total. The first kappa shape index (κ1) is 15.8. The SMILES string of the molecule is CCc1ccc(NC(=O)COC(=O)c2cccc(C)c2)cc1. The van der Waals surface area contributed by atoms with Crippen LogP contribution in [-0.4, -0.2) is 18.5 Å². The molecule has 2 aromatic rings. The normalized spacial score (nSPS) is 10.1. The van der Waals surface area contributed by atoms with Crippen LogP contribution < -0.4 is 5.32 Å². The summed E-state index contributed by atoms with van der Waals surface area (Å²) < 4.78 is 5.01. The van der Waals surface area contributed by atoms with E-state index in [4.69, 9.17) is 4.74 Å². The lowest BCUT2D eigenvalue weighted by molar-refractivity contribution is -0.119. The second-order valence-corrected chi connectivity index (χ2v) is 5.04. The van der Waals surface area contributed by atoms with Crippen LogP contribution in [-0.2, 0) is 16.0 Å². The van der Waals surface area contributed by atoms with Gasteiger partial charge >= 0.3 is 5.97 Å². The van der Waals surface area contributed by atoms with Crippen LogP contribution in [0.15, 0.2) is 48.5 Å². The average molecular weight is 297 g/mol. The average Bonchev–Trinajstić information content (AvgIpc) is 2.53. The van der Waals surface area contributed by atoms with E-state index in [9.17, 15) is 9.59 Å². The first-order valence-corrected chi connectivity index (χ1v) is 7.21. The molecule has 0 unspecified atom stereocenters. The fourth-order valence-corrected chi connectivity index (χ4v) is 2.01. The Morgan fingerprint density at radius 1 is 1.09 bits per heavy atom. The van der Waals surface area contributed by atoms with Crippen molar-refractivity contribution in [3.8, 4) is 0 Å². The highest BCUT2D eigenvalue weighted by molar-refractivity contribution is 5.95. The fourth-order valence-electron chi connectivity index (χ4n) is 2.01. The zero-order valence-corrected chi connectivity index (χ0v) is 12.8. The van der Waals surface area contributed by atoms with Gasteiger partial charge in [-0.3, -0.25) is 4.79 Å². The molecule has 0 bridgehead atoms. The molecule has 22 heavy (non-hydrogen) atoms. The number of hydrogen-bond acceptors (Lipinski definition) is 3. The summed E-state index contributed by atoms with van der Waals surface area (Å²) in [6.07, 6.45) is 0.947. The predicted octanol–water partition coefficient (Wildman–Crippen LogP) is 3.35. The lowest BCUT2D eigenvalue weighted by Crippen LogP contribution is -2.20. The standard InChI is InChI=1S/C18H19NO3/c1-3-14-7-9-16(10-8-14)19-17(20)12-22-18(21)15-6-4-5-13(2)11-15/h4-11H,3,12H2,1-2H3,(H,19,20). The Morgan fingerprint density at radius 3 is 2.45 bits per heavy atom. The van der Waals surface area contributed by atoms with E-state index >= 15 is 0 Å². The maximum atomic E-state index is 11.8. The minimum atomic E-state index is -0.500. The number of esters is 1. The van der Waals surface area contributed by atoms with Crippen molar-refractivity contribution < 1.29 is 14.3 Å². The van der Waals surface area contributed by atoms with Gasteiger partial charge in [0.15, 0.2) is 6.61 Å². The van der Waals surface area contributed by atoms with Crippen molar-refractivity contribution in [2.24, 2.45) is 0 Å². The number of amides is 1. The van der Waals surface area contributed by atoms with Crippen LogP contribution in [0.1, 0.15) is 28.4 Å². The molecule has 0 atom stereocenters. The number of anilines is 1. The van der Waals surface area contributed by atoms with Crippen molar-refractivity contribution in [2.75, 3.05) is 11.9 Å². The largest absolute Gasteiger partial charge is 0.452 e. The number of nitrogens with one attached hydrogen (secondary N) is 1. The van der Waals surface area contributed by atoms with Crippen molar-refractivity contribution in [3.63, 3.8) is 0 Å². The molecule has 4 heteroatoms. The van der Waals surface area contributed by atoms with E-state index in [2.05, 4.69) is 12.2 Å². The lowest BCUT2D eigenvalue weighted by Gasteiger charge is -2.07. The van der Waals surface area contributed by atoms with Gasteiger partial charge in [0.25, 0.3) is 5.91 Å². The number of carbonyl (C=O) groups is 2. The number of hydrogen-bond donors (Lipinski definition) is 1. The van der Waals surface area contributed by atoms with Gasteiger partial charge in [0, 0.05) is 5.69 Å². The molecule has 0 heterocycles. The molecule has 1 N–H and O–H groups in total. The van der Waals surface area contributed by atoms with Gasteiger partial charge in [0.05, 0.1) is 5.56 Å². The molecule has 2 rings (SSSR count). The van der Waals surface area contributed by atoms with E-state index in [-0.39, 0.29) is 12.5 Å². The summed E-state index contributed by atoms with van der Waals surface area (Å²) in [5.41, 5.74) is 3.30. The smallest absolute Gasteiger partial charge is 0.338 e. The number of carbonyl (C=O) groups excluding carboxylic acids is 2. The minimum Gasteiger partial charge on any atom is -0.452 e. The number of rotatable bonds is 5. The Bertz CT molecular complexity index is 662. The van der Waals surface area contributed by atoms with Crippen molar-refractivity contribution in [1.29, 1.82) is 0 Å². The van der Waals surface area contributed by atoms with Crippen molar-refractivity contribution >= 4 is 17.6 Å². The first-order chi connectivity index (χ1) is 10.6. The van der Waals surface area contributed by atoms with Crippen LogP contribution in [0.2, 0.25) is 0 Å². The van der Waals surface area contributed by atoms with Crippen molar-refractivity contribution in [2.45, 2.75) is 20.3 Å². The monoisotopic (exact) mass is 297 g/mol. The predicted molar refractivity (Wildman–Crippen MR) is 85.9 cm³/mol. The number of benzene rings is 2. The van der Waals surface area contributed by atoms with Gasteiger partial charge in [-0.25, -0.2) is 4.79 Å². The van der Waals surface area contributed by atoms with Crippen LogP contribution in [0.25, 0.3) is 0 Å². The van der Waals surface area contributed by atoms with E-state index in [1.165, 1.54) is 5.56 Å². The number of aryl methyl sites for hydroxylation is 2. The summed E-state index contributed by atoms with van der Waals surface area (Å²) in [5.74, 6) is -0.856. The topological polar surface area (TPSA) is 55.4 Å². The van der Waals surface area contributed by atoms with Crippen molar-refractivity contribution in [1.82, 2.24) is 0 Å². The molecule has 0 radical (unpaired) electrons. The number of ether oxygens (including phenoxy) is 1. The molecule has 0 fully saturated rings. The van der Waals surface area contributed by atoms with E-state index in [0.717, 1.165) is 12.0 Å². The molecule has 0 aliphatic heterocycles. The van der Waals surface area contributed by atoms with Gasteiger partial charge in [-0.15, -0.1) is 0 Å². The molecule has 0 saturated heterocycles. The van der Waals surface area contributed by atoms with E-state index in [1.807, 2.05) is 37.3 Å². The highest BCUT2D eigenvalue weighted by Crippen LogP contribution is 2.10. The van der Waals surface area contributed by atoms with Crippen LogP contribution in [0, 0.1) is 6.92 Å². The van der Waals surface area contributed by atoms with E-state index < -0.39 is 5.97 Å². The third kappa shape index (κ3) is 4.45. The summed E-state index contributed by atoms with van der Waals surface area (Å²) in [6.45, 7) is 3.66. The summed E-state index contributed by atoms with van der Waals surface area (Å²) >= 11 is 0.